The molecule has 0 aliphatic heterocycles. The minimum Gasteiger partial charge on any atom is -0.481 e. The van der Waals surface area contributed by atoms with E-state index in [0.29, 0.717) is 11.8 Å². The van der Waals surface area contributed by atoms with E-state index in [4.69, 9.17) is 0 Å². The molecule has 0 aromatic carbocycles. The van der Waals surface area contributed by atoms with Crippen molar-refractivity contribution < 1.29 is 9.90 Å². The van der Waals surface area contributed by atoms with Crippen LogP contribution in [0.25, 0.3) is 0 Å². The Balaban J connectivity index is 1.79. The monoisotopic (exact) mass is 252 g/mol. The number of hydrogen-bond donors (Lipinski definition) is 2. The topological polar surface area (TPSA) is 62.2 Å². The molecular weight excluding hydrogens is 236 g/mol. The Bertz CT molecular complexity index is 445. The van der Waals surface area contributed by atoms with Gasteiger partial charge >= 0.3 is 5.97 Å². The number of carbonyl (C=O) groups is 1. The first-order valence-corrected chi connectivity index (χ1v) is 6.94. The highest BCUT2D eigenvalue weighted by atomic mass is 32.1. The van der Waals surface area contributed by atoms with Crippen LogP contribution in [0.3, 0.4) is 0 Å². The van der Waals surface area contributed by atoms with Crippen LogP contribution in [0.1, 0.15) is 25.0 Å². The smallest absolute Gasteiger partial charge is 0.308 e. The number of carboxylic acid groups (broad SMARTS) is 1. The summed E-state index contributed by atoms with van der Waals surface area (Å²) in [4.78, 5) is 15.7. The van der Waals surface area contributed by atoms with Gasteiger partial charge in [-0.25, -0.2) is 4.98 Å². The molecule has 0 spiro atoms. The van der Waals surface area contributed by atoms with Crippen LogP contribution in [0.4, 0.5) is 5.13 Å². The van der Waals surface area contributed by atoms with Crippen LogP contribution in [-0.2, 0) is 4.79 Å². The van der Waals surface area contributed by atoms with Crippen LogP contribution in [0.2, 0.25) is 0 Å². The minimum absolute atomic E-state index is 0.0804. The summed E-state index contributed by atoms with van der Waals surface area (Å²) in [6.07, 6.45) is 3.31. The van der Waals surface area contributed by atoms with Gasteiger partial charge in [0.2, 0.25) is 0 Å². The highest BCUT2D eigenvalue weighted by Gasteiger charge is 2.51. The lowest BCUT2D eigenvalue weighted by molar-refractivity contribution is -0.143. The number of hydrogen-bond acceptors (Lipinski definition) is 4. The number of rotatable bonds is 3. The van der Waals surface area contributed by atoms with Crippen molar-refractivity contribution in [3.8, 4) is 0 Å². The van der Waals surface area contributed by atoms with Crippen molar-refractivity contribution in [1.29, 1.82) is 0 Å². The fourth-order valence-electron chi connectivity index (χ4n) is 3.42. The van der Waals surface area contributed by atoms with E-state index in [0.717, 1.165) is 30.1 Å². The van der Waals surface area contributed by atoms with Gasteiger partial charge in [0.15, 0.2) is 5.13 Å². The summed E-state index contributed by atoms with van der Waals surface area (Å²) in [5.74, 6) is 0.0160. The first-order valence-electron chi connectivity index (χ1n) is 6.06. The predicted octanol–water partition coefficient (Wildman–Crippen LogP) is 2.36. The molecule has 2 fully saturated rings. The summed E-state index contributed by atoms with van der Waals surface area (Å²) in [5.41, 5.74) is 0.993. The average Bonchev–Trinajstić information content (AvgIpc) is 2.93. The van der Waals surface area contributed by atoms with Gasteiger partial charge in [0.05, 0.1) is 11.6 Å². The molecule has 0 amide bonds. The van der Waals surface area contributed by atoms with Gasteiger partial charge in [-0.15, -0.1) is 11.3 Å². The molecule has 0 saturated heterocycles. The molecule has 4 nitrogen and oxygen atoms in total. The van der Waals surface area contributed by atoms with Gasteiger partial charge in [-0.1, -0.05) is 0 Å². The van der Waals surface area contributed by atoms with E-state index < -0.39 is 5.97 Å². The Kier molecular flexibility index (Phi) is 2.58. The fourth-order valence-corrected chi connectivity index (χ4v) is 4.15. The molecule has 2 saturated carbocycles. The molecule has 17 heavy (non-hydrogen) atoms. The summed E-state index contributed by atoms with van der Waals surface area (Å²) in [5, 5.41) is 15.5. The number of aromatic nitrogens is 1. The lowest BCUT2D eigenvalue weighted by atomic mass is 9.84. The zero-order valence-electron chi connectivity index (χ0n) is 9.72. The largest absolute Gasteiger partial charge is 0.481 e. The number of anilines is 1. The maximum absolute atomic E-state index is 11.3. The Morgan fingerprint density at radius 2 is 2.29 bits per heavy atom. The Morgan fingerprint density at radius 3 is 2.94 bits per heavy atom. The second kappa shape index (κ2) is 3.98. The van der Waals surface area contributed by atoms with E-state index in [1.165, 1.54) is 0 Å². The highest BCUT2D eigenvalue weighted by Crippen LogP contribution is 2.49. The number of aliphatic carboxylic acids is 1. The van der Waals surface area contributed by atoms with Gasteiger partial charge in [-0.3, -0.25) is 4.79 Å². The molecule has 2 aliphatic carbocycles. The summed E-state index contributed by atoms with van der Waals surface area (Å²) < 4.78 is 0. The molecular formula is C12H16N2O2S. The molecule has 1 aromatic heterocycles. The zero-order chi connectivity index (χ0) is 12.0. The van der Waals surface area contributed by atoms with Gasteiger partial charge in [-0.2, -0.15) is 0 Å². The van der Waals surface area contributed by atoms with Crippen LogP contribution in [-0.4, -0.2) is 22.1 Å². The first kappa shape index (κ1) is 11.0. The van der Waals surface area contributed by atoms with Crippen molar-refractivity contribution in [2.24, 2.45) is 17.8 Å². The molecule has 2 aliphatic rings. The van der Waals surface area contributed by atoms with Crippen LogP contribution in [0.15, 0.2) is 5.38 Å². The van der Waals surface area contributed by atoms with E-state index in [1.807, 2.05) is 12.3 Å². The van der Waals surface area contributed by atoms with Gasteiger partial charge in [0.25, 0.3) is 0 Å². The van der Waals surface area contributed by atoms with Crippen molar-refractivity contribution in [2.75, 3.05) is 5.32 Å². The fraction of sp³-hybridized carbons (Fsp3) is 0.667. The second-order valence-corrected chi connectivity index (χ2v) is 6.02. The molecule has 2 bridgehead atoms. The van der Waals surface area contributed by atoms with Gasteiger partial charge in [0, 0.05) is 11.4 Å². The molecule has 1 aromatic rings. The van der Waals surface area contributed by atoms with E-state index in [9.17, 15) is 9.90 Å². The summed E-state index contributed by atoms with van der Waals surface area (Å²) in [6.45, 7) is 1.96. The predicted molar refractivity (Wildman–Crippen MR) is 66.2 cm³/mol. The zero-order valence-corrected chi connectivity index (χ0v) is 10.5. The van der Waals surface area contributed by atoms with E-state index in [2.05, 4.69) is 10.3 Å². The van der Waals surface area contributed by atoms with Gasteiger partial charge < -0.3 is 10.4 Å². The Labute approximate surface area is 104 Å². The molecule has 1 heterocycles. The normalized spacial score (nSPS) is 35.1. The quantitative estimate of drug-likeness (QED) is 0.867. The summed E-state index contributed by atoms with van der Waals surface area (Å²) >= 11 is 1.56. The highest BCUT2D eigenvalue weighted by molar-refractivity contribution is 7.13. The molecule has 2 N–H and O–H groups in total. The third-order valence-electron chi connectivity index (χ3n) is 4.11. The second-order valence-electron chi connectivity index (χ2n) is 5.16. The van der Waals surface area contributed by atoms with E-state index in [1.54, 1.807) is 11.3 Å². The van der Waals surface area contributed by atoms with Crippen LogP contribution >= 0.6 is 11.3 Å². The molecule has 0 radical (unpaired) electrons. The maximum Gasteiger partial charge on any atom is 0.308 e. The standard InChI is InChI=1S/C12H16N2O2S/c1-6-5-17-12(13-6)14-10-8-3-2-7(4-8)9(10)11(15)16/h5,7-10H,2-4H2,1H3,(H,13,14)(H,15,16). The maximum atomic E-state index is 11.3. The number of carboxylic acids is 1. The van der Waals surface area contributed by atoms with Crippen LogP contribution < -0.4 is 5.32 Å². The minimum atomic E-state index is -0.650. The van der Waals surface area contributed by atoms with Crippen molar-refractivity contribution >= 4 is 22.4 Å². The first-order chi connectivity index (χ1) is 8.15. The summed E-state index contributed by atoms with van der Waals surface area (Å²) in [7, 11) is 0. The van der Waals surface area contributed by atoms with Crippen LogP contribution in [0.5, 0.6) is 0 Å². The number of thiazole rings is 1. The molecule has 92 valence electrons. The van der Waals surface area contributed by atoms with Crippen LogP contribution in [0, 0.1) is 24.7 Å². The van der Waals surface area contributed by atoms with E-state index in [-0.39, 0.29) is 12.0 Å². The summed E-state index contributed by atoms with van der Waals surface area (Å²) in [6, 6.07) is 0.0804. The van der Waals surface area contributed by atoms with Crippen molar-refractivity contribution in [3.05, 3.63) is 11.1 Å². The van der Waals surface area contributed by atoms with Gasteiger partial charge in [0.1, 0.15) is 0 Å². The third kappa shape index (κ3) is 1.82. The third-order valence-corrected chi connectivity index (χ3v) is 5.00. The van der Waals surface area contributed by atoms with Crippen molar-refractivity contribution in [1.82, 2.24) is 4.98 Å². The average molecular weight is 252 g/mol. The van der Waals surface area contributed by atoms with Crippen molar-refractivity contribution in [2.45, 2.75) is 32.2 Å². The molecule has 3 rings (SSSR count). The number of nitrogens with one attached hydrogen (secondary N) is 1. The molecule has 4 unspecified atom stereocenters. The molecule has 4 atom stereocenters. The lowest BCUT2D eigenvalue weighted by Crippen LogP contribution is -2.39. The lowest BCUT2D eigenvalue weighted by Gasteiger charge is -2.28. The Morgan fingerprint density at radius 1 is 1.53 bits per heavy atom. The molecule has 5 heteroatoms. The van der Waals surface area contributed by atoms with E-state index >= 15 is 0 Å². The Hall–Kier alpha value is -1.10. The number of fused-ring (bicyclic) bond motifs is 2. The number of aryl methyl sites for hydroxylation is 1. The SMILES string of the molecule is Cc1csc(NC2C3CCC(C3)C2C(=O)O)n1. The van der Waals surface area contributed by atoms with Gasteiger partial charge in [-0.05, 0) is 38.0 Å². The number of nitrogens with zero attached hydrogens (tertiary/aromatic N) is 1. The van der Waals surface area contributed by atoms with Crippen molar-refractivity contribution in [3.63, 3.8) is 0 Å².